The van der Waals surface area contributed by atoms with Crippen LogP contribution in [0, 0.1) is 5.41 Å². The van der Waals surface area contributed by atoms with E-state index in [0.29, 0.717) is 23.0 Å². The van der Waals surface area contributed by atoms with Gasteiger partial charge < -0.3 is 5.32 Å². The lowest BCUT2D eigenvalue weighted by atomic mass is 9.88. The molecule has 0 radical (unpaired) electrons. The minimum Gasteiger partial charge on any atom is -0.351 e. The maximum absolute atomic E-state index is 12.0. The van der Waals surface area contributed by atoms with Gasteiger partial charge in [0.15, 0.2) is 0 Å². The lowest BCUT2D eigenvalue weighted by Gasteiger charge is -2.24. The predicted octanol–water partition coefficient (Wildman–Crippen LogP) is 4.12. The average molecular weight is 288 g/mol. The lowest BCUT2D eigenvalue weighted by molar-refractivity contribution is 0.0934. The van der Waals surface area contributed by atoms with Gasteiger partial charge in [0, 0.05) is 12.4 Å². The molecule has 1 aromatic rings. The number of benzene rings is 1. The summed E-state index contributed by atoms with van der Waals surface area (Å²) in [6.07, 6.45) is 1.94. The van der Waals surface area contributed by atoms with Crippen LogP contribution in [-0.2, 0) is 0 Å². The Bertz CT molecular complexity index is 405. The van der Waals surface area contributed by atoms with E-state index in [1.807, 2.05) is 6.07 Å². The van der Waals surface area contributed by atoms with Gasteiger partial charge in [0.25, 0.3) is 5.91 Å². The van der Waals surface area contributed by atoms with Crippen LogP contribution in [0.2, 0.25) is 5.02 Å². The van der Waals surface area contributed by atoms with Crippen molar-refractivity contribution in [3.05, 3.63) is 34.9 Å². The van der Waals surface area contributed by atoms with Gasteiger partial charge in [0.2, 0.25) is 0 Å². The summed E-state index contributed by atoms with van der Waals surface area (Å²) in [6, 6.07) is 7.06. The largest absolute Gasteiger partial charge is 0.351 e. The molecule has 0 aliphatic carbocycles. The Morgan fingerprint density at radius 1 is 1.33 bits per heavy atom. The minimum absolute atomic E-state index is 0.0474. The molecule has 1 N–H and O–H groups in total. The standard InChI is InChI=1S/C14H19Cl2NO/c1-14(2,8-5-9-15)10-17-13(18)11-6-3-4-7-12(11)16/h3-4,6-7H,5,8-10H2,1-2H3,(H,17,18). The van der Waals surface area contributed by atoms with E-state index in [-0.39, 0.29) is 11.3 Å². The number of nitrogens with one attached hydrogen (secondary N) is 1. The minimum atomic E-state index is -0.125. The second-order valence-corrected chi connectivity index (χ2v) is 5.90. The van der Waals surface area contributed by atoms with Crippen LogP contribution in [0.1, 0.15) is 37.0 Å². The van der Waals surface area contributed by atoms with Gasteiger partial charge in [-0.05, 0) is 30.4 Å². The second kappa shape index (κ2) is 7.01. The molecule has 0 spiro atoms. The summed E-state index contributed by atoms with van der Waals surface area (Å²) in [4.78, 5) is 12.0. The molecular formula is C14H19Cl2NO. The van der Waals surface area contributed by atoms with Crippen LogP contribution in [0.15, 0.2) is 24.3 Å². The van der Waals surface area contributed by atoms with Crippen LogP contribution >= 0.6 is 23.2 Å². The van der Waals surface area contributed by atoms with E-state index >= 15 is 0 Å². The molecule has 1 rings (SSSR count). The van der Waals surface area contributed by atoms with Crippen LogP contribution in [0.3, 0.4) is 0 Å². The Labute approximate surface area is 119 Å². The van der Waals surface area contributed by atoms with Crippen molar-refractivity contribution < 1.29 is 4.79 Å². The van der Waals surface area contributed by atoms with Crippen molar-refractivity contribution in [3.63, 3.8) is 0 Å². The van der Waals surface area contributed by atoms with Gasteiger partial charge in [-0.15, -0.1) is 11.6 Å². The molecule has 0 aliphatic rings. The van der Waals surface area contributed by atoms with Crippen molar-refractivity contribution in [2.45, 2.75) is 26.7 Å². The Hall–Kier alpha value is -0.730. The van der Waals surface area contributed by atoms with Crippen LogP contribution in [0.25, 0.3) is 0 Å². The summed E-state index contributed by atoms with van der Waals surface area (Å²) in [5.41, 5.74) is 0.568. The maximum atomic E-state index is 12.0. The molecule has 1 aromatic carbocycles. The number of alkyl halides is 1. The van der Waals surface area contributed by atoms with Crippen molar-refractivity contribution in [3.8, 4) is 0 Å². The summed E-state index contributed by atoms with van der Waals surface area (Å²) in [5, 5.41) is 3.40. The van der Waals surface area contributed by atoms with E-state index in [1.165, 1.54) is 0 Å². The summed E-state index contributed by atoms with van der Waals surface area (Å²) in [5.74, 6) is 0.529. The molecule has 0 aliphatic heterocycles. The van der Waals surface area contributed by atoms with Crippen molar-refractivity contribution in [2.24, 2.45) is 5.41 Å². The number of carbonyl (C=O) groups excluding carboxylic acids is 1. The molecule has 0 bridgehead atoms. The third-order valence-corrected chi connectivity index (χ3v) is 3.43. The van der Waals surface area contributed by atoms with Crippen molar-refractivity contribution in [1.82, 2.24) is 5.32 Å². The number of carbonyl (C=O) groups is 1. The third kappa shape index (κ3) is 4.87. The zero-order valence-electron chi connectivity index (χ0n) is 10.8. The van der Waals surface area contributed by atoms with Gasteiger partial charge in [0.05, 0.1) is 10.6 Å². The fourth-order valence-corrected chi connectivity index (χ4v) is 2.05. The Balaban J connectivity index is 2.54. The molecule has 0 heterocycles. The average Bonchev–Trinajstić information content (AvgIpc) is 2.34. The monoisotopic (exact) mass is 287 g/mol. The van der Waals surface area contributed by atoms with E-state index in [1.54, 1.807) is 18.2 Å². The molecule has 18 heavy (non-hydrogen) atoms. The first kappa shape index (κ1) is 15.3. The topological polar surface area (TPSA) is 29.1 Å². The zero-order valence-corrected chi connectivity index (χ0v) is 12.3. The van der Waals surface area contributed by atoms with Gasteiger partial charge in [-0.3, -0.25) is 4.79 Å². The summed E-state index contributed by atoms with van der Waals surface area (Å²) >= 11 is 11.7. The van der Waals surface area contributed by atoms with E-state index in [0.717, 1.165) is 12.8 Å². The quantitative estimate of drug-likeness (QED) is 0.784. The van der Waals surface area contributed by atoms with Crippen molar-refractivity contribution >= 4 is 29.1 Å². The summed E-state index contributed by atoms with van der Waals surface area (Å²) in [7, 11) is 0. The summed E-state index contributed by atoms with van der Waals surface area (Å²) in [6.45, 7) is 4.85. The molecule has 0 saturated carbocycles. The summed E-state index contributed by atoms with van der Waals surface area (Å²) < 4.78 is 0. The first-order valence-corrected chi connectivity index (χ1v) is 6.96. The number of hydrogen-bond donors (Lipinski definition) is 1. The molecule has 1 amide bonds. The smallest absolute Gasteiger partial charge is 0.252 e. The Morgan fingerprint density at radius 3 is 2.61 bits per heavy atom. The highest BCUT2D eigenvalue weighted by atomic mass is 35.5. The van der Waals surface area contributed by atoms with Crippen LogP contribution in [0.4, 0.5) is 0 Å². The molecule has 0 atom stereocenters. The van der Waals surface area contributed by atoms with E-state index < -0.39 is 0 Å². The van der Waals surface area contributed by atoms with Crippen molar-refractivity contribution in [2.75, 3.05) is 12.4 Å². The maximum Gasteiger partial charge on any atom is 0.252 e. The first-order valence-electron chi connectivity index (χ1n) is 6.05. The van der Waals surface area contributed by atoms with E-state index in [9.17, 15) is 4.79 Å². The number of halogens is 2. The number of hydrogen-bond acceptors (Lipinski definition) is 1. The molecular weight excluding hydrogens is 269 g/mol. The Kier molecular flexibility index (Phi) is 5.97. The van der Waals surface area contributed by atoms with Gasteiger partial charge in [-0.25, -0.2) is 0 Å². The molecule has 100 valence electrons. The van der Waals surface area contributed by atoms with E-state index in [2.05, 4.69) is 19.2 Å². The predicted molar refractivity (Wildman–Crippen MR) is 77.5 cm³/mol. The highest BCUT2D eigenvalue weighted by Crippen LogP contribution is 2.22. The fourth-order valence-electron chi connectivity index (χ4n) is 1.69. The van der Waals surface area contributed by atoms with Gasteiger partial charge in [0.1, 0.15) is 0 Å². The number of amides is 1. The normalized spacial score (nSPS) is 11.3. The molecule has 0 fully saturated rings. The Morgan fingerprint density at radius 2 is 2.00 bits per heavy atom. The second-order valence-electron chi connectivity index (χ2n) is 5.12. The number of rotatable bonds is 6. The van der Waals surface area contributed by atoms with E-state index in [4.69, 9.17) is 23.2 Å². The van der Waals surface area contributed by atoms with Crippen molar-refractivity contribution in [1.29, 1.82) is 0 Å². The molecule has 4 heteroatoms. The zero-order chi connectivity index (χ0) is 13.6. The van der Waals surface area contributed by atoms with Gasteiger partial charge >= 0.3 is 0 Å². The molecule has 0 unspecified atom stereocenters. The highest BCUT2D eigenvalue weighted by molar-refractivity contribution is 6.33. The molecule has 0 aromatic heterocycles. The van der Waals surface area contributed by atoms with Crippen LogP contribution < -0.4 is 5.32 Å². The van der Waals surface area contributed by atoms with Gasteiger partial charge in [-0.2, -0.15) is 0 Å². The van der Waals surface area contributed by atoms with Crippen LogP contribution in [-0.4, -0.2) is 18.3 Å². The van der Waals surface area contributed by atoms with Gasteiger partial charge in [-0.1, -0.05) is 37.6 Å². The fraction of sp³-hybridized carbons (Fsp3) is 0.500. The third-order valence-electron chi connectivity index (χ3n) is 2.83. The first-order chi connectivity index (χ1) is 8.46. The SMILES string of the molecule is CC(C)(CCCCl)CNC(=O)c1ccccc1Cl. The highest BCUT2D eigenvalue weighted by Gasteiger charge is 2.19. The van der Waals surface area contributed by atoms with Crippen LogP contribution in [0.5, 0.6) is 0 Å². The lowest BCUT2D eigenvalue weighted by Crippen LogP contribution is -2.34. The molecule has 2 nitrogen and oxygen atoms in total. The molecule has 0 saturated heterocycles.